The van der Waals surface area contributed by atoms with Crippen molar-refractivity contribution in [2.24, 2.45) is 0 Å². The Bertz CT molecular complexity index is 643. The maximum Gasteiger partial charge on any atom is 0.251 e. The third kappa shape index (κ3) is 2.83. The van der Waals surface area contributed by atoms with E-state index >= 15 is 0 Å². The number of aromatic nitrogens is 1. The molecule has 2 aromatic rings. The summed E-state index contributed by atoms with van der Waals surface area (Å²) in [4.78, 5) is 12.0. The van der Waals surface area contributed by atoms with E-state index in [2.05, 4.69) is 54.6 Å². The lowest BCUT2D eigenvalue weighted by molar-refractivity contribution is 0.748. The highest BCUT2D eigenvalue weighted by Crippen LogP contribution is 2.13. The first-order chi connectivity index (χ1) is 8.47. The average molecular weight is 353 g/mol. The number of hydrogen-bond acceptors (Lipinski definition) is 1. The van der Waals surface area contributed by atoms with Crippen molar-refractivity contribution in [1.82, 2.24) is 4.57 Å². The van der Waals surface area contributed by atoms with Crippen LogP contribution in [0.5, 0.6) is 0 Å². The van der Waals surface area contributed by atoms with Crippen LogP contribution in [0.3, 0.4) is 0 Å². The van der Waals surface area contributed by atoms with Gasteiger partial charge in [0.1, 0.15) is 0 Å². The van der Waals surface area contributed by atoms with Crippen LogP contribution >= 0.6 is 22.6 Å². The number of pyridine rings is 1. The fraction of sp³-hybridized carbons (Fsp3) is 0.267. The van der Waals surface area contributed by atoms with Crippen molar-refractivity contribution in [3.05, 3.63) is 66.6 Å². The van der Waals surface area contributed by atoms with Crippen molar-refractivity contribution < 1.29 is 0 Å². The van der Waals surface area contributed by atoms with Crippen molar-refractivity contribution >= 4 is 22.6 Å². The first-order valence-electron chi connectivity index (χ1n) is 5.90. The topological polar surface area (TPSA) is 22.0 Å². The number of hydrogen-bond donors (Lipinski definition) is 0. The van der Waals surface area contributed by atoms with Crippen molar-refractivity contribution in [1.29, 1.82) is 0 Å². The Morgan fingerprint density at radius 1 is 1.11 bits per heavy atom. The zero-order valence-corrected chi connectivity index (χ0v) is 13.0. The molecular weight excluding hydrogens is 337 g/mol. The van der Waals surface area contributed by atoms with Crippen LogP contribution in [-0.4, -0.2) is 4.57 Å². The second kappa shape index (κ2) is 5.26. The molecule has 0 radical (unpaired) electrons. The predicted molar refractivity (Wildman–Crippen MR) is 83.2 cm³/mol. The molecule has 1 aromatic carbocycles. The van der Waals surface area contributed by atoms with E-state index in [0.717, 1.165) is 9.13 Å². The van der Waals surface area contributed by atoms with Gasteiger partial charge in [0.2, 0.25) is 0 Å². The minimum absolute atomic E-state index is 0.0637. The molecule has 2 nitrogen and oxygen atoms in total. The van der Waals surface area contributed by atoms with Crippen LogP contribution in [0, 0.1) is 24.3 Å². The fourth-order valence-corrected chi connectivity index (χ4v) is 2.41. The van der Waals surface area contributed by atoms with Gasteiger partial charge in [-0.25, -0.2) is 0 Å². The Balaban J connectivity index is 2.43. The molecule has 0 aliphatic rings. The molecule has 1 heterocycles. The van der Waals surface area contributed by atoms with Gasteiger partial charge in [-0.15, -0.1) is 0 Å². The lowest BCUT2D eigenvalue weighted by Gasteiger charge is -2.11. The molecule has 3 heteroatoms. The van der Waals surface area contributed by atoms with E-state index in [4.69, 9.17) is 0 Å². The molecule has 0 aliphatic carbocycles. The Kier molecular flexibility index (Phi) is 3.90. The van der Waals surface area contributed by atoms with Gasteiger partial charge < -0.3 is 4.57 Å². The molecule has 18 heavy (non-hydrogen) atoms. The average Bonchev–Trinajstić information content (AvgIpc) is 2.30. The standard InChI is InChI=1S/C15H16INO/c1-10-4-5-11(2)13(6-10)8-17-9-14(16)12(3)7-15(17)18/h4-7,9H,8H2,1-3H3. The van der Waals surface area contributed by atoms with E-state index in [9.17, 15) is 4.79 Å². The molecule has 2 rings (SSSR count). The highest BCUT2D eigenvalue weighted by Gasteiger charge is 2.04. The van der Waals surface area contributed by atoms with Crippen molar-refractivity contribution in [3.63, 3.8) is 0 Å². The molecule has 0 fully saturated rings. The molecule has 0 spiro atoms. The number of aryl methyl sites for hydroxylation is 3. The van der Waals surface area contributed by atoms with Gasteiger partial charge >= 0.3 is 0 Å². The minimum Gasteiger partial charge on any atom is -0.310 e. The van der Waals surface area contributed by atoms with Crippen LogP contribution in [-0.2, 0) is 6.54 Å². The Morgan fingerprint density at radius 2 is 1.83 bits per heavy atom. The van der Waals surface area contributed by atoms with Crippen LogP contribution in [0.2, 0.25) is 0 Å². The van der Waals surface area contributed by atoms with Gasteiger partial charge in [0.05, 0.1) is 6.54 Å². The third-order valence-electron chi connectivity index (χ3n) is 3.11. The minimum atomic E-state index is 0.0637. The Morgan fingerprint density at radius 3 is 2.56 bits per heavy atom. The molecule has 1 aromatic heterocycles. The van der Waals surface area contributed by atoms with Gasteiger partial charge in [0.15, 0.2) is 0 Å². The maximum absolute atomic E-state index is 12.0. The van der Waals surface area contributed by atoms with Gasteiger partial charge in [-0.05, 0) is 60.1 Å². The SMILES string of the molecule is Cc1ccc(C)c(Cn2cc(I)c(C)cc2=O)c1. The van der Waals surface area contributed by atoms with Gasteiger partial charge in [-0.3, -0.25) is 4.79 Å². The van der Waals surface area contributed by atoms with Gasteiger partial charge in [-0.2, -0.15) is 0 Å². The largest absolute Gasteiger partial charge is 0.310 e. The molecule has 0 amide bonds. The van der Waals surface area contributed by atoms with Crippen LogP contribution in [0.4, 0.5) is 0 Å². The van der Waals surface area contributed by atoms with Crippen molar-refractivity contribution in [2.45, 2.75) is 27.3 Å². The summed E-state index contributed by atoms with van der Waals surface area (Å²) < 4.78 is 2.90. The Labute approximate surface area is 121 Å². The van der Waals surface area contributed by atoms with Crippen molar-refractivity contribution in [3.8, 4) is 0 Å². The summed E-state index contributed by atoms with van der Waals surface area (Å²) >= 11 is 2.27. The molecule has 0 saturated heterocycles. The smallest absolute Gasteiger partial charge is 0.251 e. The second-order valence-electron chi connectivity index (χ2n) is 4.70. The van der Waals surface area contributed by atoms with E-state index in [1.807, 2.05) is 13.1 Å². The summed E-state index contributed by atoms with van der Waals surface area (Å²) in [5, 5.41) is 0. The third-order valence-corrected chi connectivity index (χ3v) is 4.24. The predicted octanol–water partition coefficient (Wildman–Crippen LogP) is 3.43. The van der Waals surface area contributed by atoms with E-state index in [-0.39, 0.29) is 5.56 Å². The quantitative estimate of drug-likeness (QED) is 0.759. The van der Waals surface area contributed by atoms with Crippen LogP contribution in [0.1, 0.15) is 22.3 Å². The molecule has 0 atom stereocenters. The molecule has 0 unspecified atom stereocenters. The van der Waals surface area contributed by atoms with Gasteiger partial charge in [-0.1, -0.05) is 23.8 Å². The summed E-state index contributed by atoms with van der Waals surface area (Å²) in [5.41, 5.74) is 4.76. The van der Waals surface area contributed by atoms with Crippen LogP contribution < -0.4 is 5.56 Å². The molecule has 0 saturated carbocycles. The summed E-state index contributed by atoms with van der Waals surface area (Å²) in [6.45, 7) is 6.76. The van der Waals surface area contributed by atoms with Gasteiger partial charge in [0, 0.05) is 15.8 Å². The van der Waals surface area contributed by atoms with Crippen LogP contribution in [0.25, 0.3) is 0 Å². The first-order valence-corrected chi connectivity index (χ1v) is 6.98. The summed E-state index contributed by atoms with van der Waals surface area (Å²) in [7, 11) is 0. The summed E-state index contributed by atoms with van der Waals surface area (Å²) in [6, 6.07) is 8.05. The monoisotopic (exact) mass is 353 g/mol. The molecular formula is C15H16INO. The van der Waals surface area contributed by atoms with E-state index < -0.39 is 0 Å². The lowest BCUT2D eigenvalue weighted by atomic mass is 10.1. The highest BCUT2D eigenvalue weighted by atomic mass is 127. The molecule has 0 aliphatic heterocycles. The Hall–Kier alpha value is -1.10. The van der Waals surface area contributed by atoms with E-state index in [1.54, 1.807) is 10.6 Å². The van der Waals surface area contributed by atoms with Crippen molar-refractivity contribution in [2.75, 3.05) is 0 Å². The maximum atomic E-state index is 12.0. The number of benzene rings is 1. The fourth-order valence-electron chi connectivity index (χ4n) is 1.92. The highest BCUT2D eigenvalue weighted by molar-refractivity contribution is 14.1. The zero-order chi connectivity index (χ0) is 13.3. The molecule has 94 valence electrons. The number of nitrogens with zero attached hydrogens (tertiary/aromatic N) is 1. The first kappa shape index (κ1) is 13.3. The molecule has 0 bridgehead atoms. The zero-order valence-electron chi connectivity index (χ0n) is 10.8. The van der Waals surface area contributed by atoms with Gasteiger partial charge in [0.25, 0.3) is 5.56 Å². The summed E-state index contributed by atoms with van der Waals surface area (Å²) in [5.74, 6) is 0. The lowest BCUT2D eigenvalue weighted by Crippen LogP contribution is -2.20. The second-order valence-corrected chi connectivity index (χ2v) is 5.86. The molecule has 0 N–H and O–H groups in total. The number of rotatable bonds is 2. The normalized spacial score (nSPS) is 10.7. The van der Waals surface area contributed by atoms with Crippen LogP contribution in [0.15, 0.2) is 35.3 Å². The summed E-state index contributed by atoms with van der Waals surface area (Å²) in [6.07, 6.45) is 1.93. The van der Waals surface area contributed by atoms with E-state index in [0.29, 0.717) is 6.54 Å². The number of halogens is 1. The van der Waals surface area contributed by atoms with E-state index in [1.165, 1.54) is 16.7 Å².